The smallest absolute Gasteiger partial charge is 0.159 e. The van der Waals surface area contributed by atoms with Crippen LogP contribution in [0.25, 0.3) is 33.1 Å². The largest absolute Gasteiger partial charge is 0.464 e. The maximum atomic E-state index is 6.74. The number of hydrogen-bond acceptors (Lipinski definition) is 8. The van der Waals surface area contributed by atoms with Gasteiger partial charge in [-0.05, 0) is 163 Å². The molecule has 0 atom stereocenters. The van der Waals surface area contributed by atoms with Gasteiger partial charge in [0.1, 0.15) is 11.3 Å². The molecule has 16 rings (SSSR count). The van der Waals surface area contributed by atoms with Crippen molar-refractivity contribution in [3.63, 3.8) is 0 Å². The number of para-hydroxylation sites is 10. The lowest BCUT2D eigenvalue weighted by Gasteiger charge is -2.41. The molecular formula is C76H52N6O2. The molecule has 84 heavy (non-hydrogen) atoms. The molecule has 2 aromatic heterocycles. The highest BCUT2D eigenvalue weighted by atomic mass is 16.3. The third kappa shape index (κ3) is 7.99. The maximum absolute atomic E-state index is 6.74. The van der Waals surface area contributed by atoms with Crippen LogP contribution in [0.5, 0.6) is 0 Å². The topological polar surface area (TPSA) is 45.7 Å². The van der Waals surface area contributed by atoms with E-state index in [1.165, 1.54) is 0 Å². The molecule has 14 aromatic rings. The van der Waals surface area contributed by atoms with Crippen LogP contribution in [-0.2, 0) is 0 Å². The summed E-state index contributed by atoms with van der Waals surface area (Å²) in [5.41, 5.74) is 22.3. The number of nitrogens with zero attached hydrogens (tertiary/aromatic N) is 6. The average Bonchev–Trinajstić information content (AvgIpc) is 3.24. The van der Waals surface area contributed by atoms with E-state index in [9.17, 15) is 0 Å². The van der Waals surface area contributed by atoms with Gasteiger partial charge in [0, 0.05) is 67.5 Å². The summed E-state index contributed by atoms with van der Waals surface area (Å²) in [5.74, 6) is 0. The lowest BCUT2D eigenvalue weighted by Crippen LogP contribution is -2.24. The van der Waals surface area contributed by atoms with Gasteiger partial charge in [-0.1, -0.05) is 146 Å². The first-order valence-electron chi connectivity index (χ1n) is 28.3. The zero-order valence-electron chi connectivity index (χ0n) is 45.5. The van der Waals surface area contributed by atoms with Gasteiger partial charge < -0.3 is 38.2 Å². The first-order chi connectivity index (χ1) is 41.7. The minimum atomic E-state index is 0.745. The van der Waals surface area contributed by atoms with Crippen molar-refractivity contribution in [2.75, 3.05) is 29.4 Å². The van der Waals surface area contributed by atoms with Gasteiger partial charge in [-0.15, -0.1) is 0 Å². The highest BCUT2D eigenvalue weighted by Crippen LogP contribution is 2.58. The molecule has 0 fully saturated rings. The Hall–Kier alpha value is -11.5. The Morgan fingerprint density at radius 2 is 0.560 bits per heavy atom. The second-order valence-electron chi connectivity index (χ2n) is 20.9. The van der Waals surface area contributed by atoms with Gasteiger partial charge in [-0.25, -0.2) is 0 Å². The Bertz CT molecular complexity index is 4640. The molecule has 4 heterocycles. The molecule has 8 heteroatoms. The fourth-order valence-corrected chi connectivity index (χ4v) is 12.6. The van der Waals surface area contributed by atoms with E-state index >= 15 is 0 Å². The molecule has 8 nitrogen and oxygen atoms in total. The van der Waals surface area contributed by atoms with Crippen LogP contribution in [-0.4, -0.2) is 0 Å². The van der Waals surface area contributed by atoms with Crippen molar-refractivity contribution in [2.24, 2.45) is 0 Å². The van der Waals surface area contributed by atoms with Crippen molar-refractivity contribution >= 4 is 124 Å². The molecule has 0 radical (unpaired) electrons. The Kier molecular flexibility index (Phi) is 11.7. The summed E-state index contributed by atoms with van der Waals surface area (Å²) in [6, 6.07) is 108. The zero-order chi connectivity index (χ0) is 55.5. The normalized spacial score (nSPS) is 12.4. The monoisotopic (exact) mass is 1080 g/mol. The van der Waals surface area contributed by atoms with Crippen LogP contribution in [0, 0.1) is 0 Å². The molecule has 0 unspecified atom stereocenters. The minimum Gasteiger partial charge on any atom is -0.464 e. The number of fused-ring (bicyclic) bond motifs is 6. The molecule has 0 saturated carbocycles. The Morgan fingerprint density at radius 1 is 0.238 bits per heavy atom. The van der Waals surface area contributed by atoms with E-state index in [0.29, 0.717) is 0 Å². The molecule has 0 saturated heterocycles. The molecule has 0 amide bonds. The predicted molar refractivity (Wildman–Crippen MR) is 347 cm³/mol. The average molecular weight is 1080 g/mol. The van der Waals surface area contributed by atoms with Crippen LogP contribution >= 0.6 is 0 Å². The van der Waals surface area contributed by atoms with E-state index < -0.39 is 0 Å². The van der Waals surface area contributed by atoms with Crippen LogP contribution in [0.15, 0.2) is 325 Å². The summed E-state index contributed by atoms with van der Waals surface area (Å²) in [7, 11) is 0. The van der Waals surface area contributed by atoms with Gasteiger partial charge in [0.2, 0.25) is 0 Å². The first-order valence-corrected chi connectivity index (χ1v) is 28.3. The van der Waals surface area contributed by atoms with Crippen LogP contribution in [0.1, 0.15) is 0 Å². The van der Waals surface area contributed by atoms with Gasteiger partial charge >= 0.3 is 0 Å². The summed E-state index contributed by atoms with van der Waals surface area (Å²) in [5, 5.41) is 1.86. The van der Waals surface area contributed by atoms with E-state index in [0.717, 1.165) is 135 Å². The van der Waals surface area contributed by atoms with E-state index in [1.807, 2.05) is 0 Å². The second-order valence-corrected chi connectivity index (χ2v) is 20.9. The lowest BCUT2D eigenvalue weighted by molar-refractivity contribution is 0.613. The van der Waals surface area contributed by atoms with Gasteiger partial charge in [0.05, 0.1) is 58.0 Å². The van der Waals surface area contributed by atoms with Crippen LogP contribution in [0.2, 0.25) is 0 Å². The van der Waals surface area contributed by atoms with Crippen molar-refractivity contribution in [1.29, 1.82) is 0 Å². The number of rotatable bonds is 11. The van der Waals surface area contributed by atoms with E-state index in [1.54, 1.807) is 12.5 Å². The van der Waals surface area contributed by atoms with Gasteiger partial charge in [0.15, 0.2) is 5.58 Å². The third-order valence-corrected chi connectivity index (χ3v) is 16.1. The number of benzene rings is 12. The Balaban J connectivity index is 0.833. The van der Waals surface area contributed by atoms with Crippen LogP contribution in [0.4, 0.5) is 102 Å². The molecule has 0 aliphatic carbocycles. The molecule has 398 valence electrons. The Labute approximate surface area is 487 Å². The summed E-state index contributed by atoms with van der Waals surface area (Å²) >= 11 is 0. The standard InChI is InChI=1S/C76H52N6O2/c1-7-23-54(24-8-1)77(61-43-45-69-71(51-61)81(58-31-15-5-16-32-58)67-37-21-19-35-65(67)79(69)56-27-11-3-12-28-56)60-41-39-53(40-42-60)73-63-47-49-84-76(63)74(64-48-50-83-75(64)73)78(55-25-9-2-10-26-55)62-44-46-70-72(52-62)82(59-33-17-6-18-34-59)68-38-22-20-36-66(68)80(70)57-29-13-4-14-30-57/h1-52H. The summed E-state index contributed by atoms with van der Waals surface area (Å²) < 4.78 is 13.4. The molecular weight excluding hydrogens is 1030 g/mol. The number of hydrogen-bond donors (Lipinski definition) is 0. The van der Waals surface area contributed by atoms with E-state index in [-0.39, 0.29) is 0 Å². The molecule has 0 N–H and O–H groups in total. The quantitative estimate of drug-likeness (QED) is 0.127. The summed E-state index contributed by atoms with van der Waals surface area (Å²) in [6.07, 6.45) is 3.60. The van der Waals surface area contributed by atoms with Gasteiger partial charge in [-0.2, -0.15) is 0 Å². The summed E-state index contributed by atoms with van der Waals surface area (Å²) in [6.45, 7) is 0. The Morgan fingerprint density at radius 3 is 1.00 bits per heavy atom. The van der Waals surface area contributed by atoms with E-state index in [4.69, 9.17) is 8.83 Å². The SMILES string of the molecule is c1ccc(N(c2ccc(-c3c4ccoc4c(N(c4ccccc4)c4ccc5c(c4)N(c4ccccc4)c4ccccc4N5c4ccccc4)c4ccoc34)cc2)c2ccc3c(c2)N(c2ccccc2)c2ccccc2N3c2ccccc2)cc1. The van der Waals surface area contributed by atoms with Crippen LogP contribution < -0.4 is 29.4 Å². The molecule has 2 aliphatic rings. The molecule has 0 spiro atoms. The highest BCUT2D eigenvalue weighted by Gasteiger charge is 2.35. The first kappa shape index (κ1) is 48.4. The lowest BCUT2D eigenvalue weighted by atomic mass is 9.96. The van der Waals surface area contributed by atoms with Crippen LogP contribution in [0.3, 0.4) is 0 Å². The number of anilines is 18. The predicted octanol–water partition coefficient (Wildman–Crippen LogP) is 22.3. The molecule has 2 aliphatic heterocycles. The minimum absolute atomic E-state index is 0.745. The number of furan rings is 2. The fraction of sp³-hybridized carbons (Fsp3) is 0. The maximum Gasteiger partial charge on any atom is 0.159 e. The van der Waals surface area contributed by atoms with Crippen molar-refractivity contribution < 1.29 is 8.83 Å². The second kappa shape index (κ2) is 20.3. The van der Waals surface area contributed by atoms with Crippen molar-refractivity contribution in [2.45, 2.75) is 0 Å². The van der Waals surface area contributed by atoms with Gasteiger partial charge in [0.25, 0.3) is 0 Å². The highest BCUT2D eigenvalue weighted by molar-refractivity contribution is 6.19. The van der Waals surface area contributed by atoms with Gasteiger partial charge in [-0.3, -0.25) is 0 Å². The van der Waals surface area contributed by atoms with Crippen molar-refractivity contribution in [1.82, 2.24) is 0 Å². The van der Waals surface area contributed by atoms with E-state index in [2.05, 4.69) is 333 Å². The molecule has 12 aromatic carbocycles. The fourth-order valence-electron chi connectivity index (χ4n) is 12.6. The van der Waals surface area contributed by atoms with Crippen molar-refractivity contribution in [3.8, 4) is 11.1 Å². The third-order valence-electron chi connectivity index (χ3n) is 16.1. The zero-order valence-corrected chi connectivity index (χ0v) is 45.5. The van der Waals surface area contributed by atoms with Crippen molar-refractivity contribution in [3.05, 3.63) is 316 Å². The summed E-state index contributed by atoms with van der Waals surface area (Å²) in [4.78, 5) is 14.2. The molecule has 0 bridgehead atoms.